The van der Waals surface area contributed by atoms with Crippen molar-refractivity contribution in [3.8, 4) is 0 Å². The van der Waals surface area contributed by atoms with Crippen LogP contribution in [0.2, 0.25) is 0 Å². The highest BCUT2D eigenvalue weighted by atomic mass is 32.2. The van der Waals surface area contributed by atoms with Gasteiger partial charge in [0, 0.05) is 24.5 Å². The highest BCUT2D eigenvalue weighted by Gasteiger charge is 2.09. The normalized spacial score (nSPS) is 11.2. The standard InChI is InChI=1S/C11H18N4O3S/c1-2-15-19(17,18)6-5-14-8-3-4-10(12)9(7-8)11(13)16/h3-4,7,14-15H,2,5-6,12H2,1H3,(H2,13,16). The molecule has 0 heterocycles. The topological polar surface area (TPSA) is 127 Å². The van der Waals surface area contributed by atoms with E-state index in [1.54, 1.807) is 19.1 Å². The first kappa shape index (κ1) is 15.3. The lowest BCUT2D eigenvalue weighted by atomic mass is 10.1. The third-order valence-corrected chi connectivity index (χ3v) is 3.85. The summed E-state index contributed by atoms with van der Waals surface area (Å²) < 4.78 is 25.2. The van der Waals surface area contributed by atoms with Crippen molar-refractivity contribution in [2.24, 2.45) is 5.73 Å². The first-order chi connectivity index (χ1) is 8.85. The molecule has 0 aliphatic heterocycles. The zero-order valence-electron chi connectivity index (χ0n) is 10.6. The van der Waals surface area contributed by atoms with Gasteiger partial charge in [-0.2, -0.15) is 0 Å². The van der Waals surface area contributed by atoms with Gasteiger partial charge in [0.15, 0.2) is 0 Å². The summed E-state index contributed by atoms with van der Waals surface area (Å²) in [5.41, 5.74) is 11.9. The average Bonchev–Trinajstić information content (AvgIpc) is 2.30. The van der Waals surface area contributed by atoms with E-state index in [-0.39, 0.29) is 17.9 Å². The van der Waals surface area contributed by atoms with Gasteiger partial charge in [-0.1, -0.05) is 6.92 Å². The van der Waals surface area contributed by atoms with E-state index >= 15 is 0 Å². The van der Waals surface area contributed by atoms with Gasteiger partial charge in [0.1, 0.15) is 0 Å². The molecule has 0 aliphatic carbocycles. The molecular formula is C11H18N4O3S. The summed E-state index contributed by atoms with van der Waals surface area (Å²) in [7, 11) is -3.27. The van der Waals surface area contributed by atoms with Crippen LogP contribution in [0.5, 0.6) is 0 Å². The Labute approximate surface area is 112 Å². The van der Waals surface area contributed by atoms with Crippen molar-refractivity contribution in [2.75, 3.05) is 29.9 Å². The molecule has 19 heavy (non-hydrogen) atoms. The number of hydrogen-bond acceptors (Lipinski definition) is 5. The van der Waals surface area contributed by atoms with Gasteiger partial charge in [-0.25, -0.2) is 13.1 Å². The largest absolute Gasteiger partial charge is 0.398 e. The zero-order chi connectivity index (χ0) is 14.5. The molecule has 0 bridgehead atoms. The molecule has 0 saturated heterocycles. The van der Waals surface area contributed by atoms with Crippen molar-refractivity contribution in [3.63, 3.8) is 0 Å². The predicted molar refractivity (Wildman–Crippen MR) is 75.3 cm³/mol. The van der Waals surface area contributed by atoms with Crippen LogP contribution in [0, 0.1) is 0 Å². The van der Waals surface area contributed by atoms with Gasteiger partial charge in [0.2, 0.25) is 10.0 Å². The van der Waals surface area contributed by atoms with Gasteiger partial charge < -0.3 is 16.8 Å². The predicted octanol–water partition coefficient (Wildman–Crippen LogP) is -0.281. The second-order valence-corrected chi connectivity index (χ2v) is 5.84. The van der Waals surface area contributed by atoms with Gasteiger partial charge in [-0.15, -0.1) is 0 Å². The van der Waals surface area contributed by atoms with Crippen LogP contribution < -0.4 is 21.5 Å². The second kappa shape index (κ2) is 6.39. The van der Waals surface area contributed by atoms with Crippen molar-refractivity contribution >= 4 is 27.3 Å². The number of nitrogens with two attached hydrogens (primary N) is 2. The van der Waals surface area contributed by atoms with Crippen LogP contribution in [0.4, 0.5) is 11.4 Å². The summed E-state index contributed by atoms with van der Waals surface area (Å²) in [5, 5.41) is 2.90. The van der Waals surface area contributed by atoms with Crippen LogP contribution in [0.1, 0.15) is 17.3 Å². The molecule has 1 amide bonds. The lowest BCUT2D eigenvalue weighted by Gasteiger charge is -2.09. The van der Waals surface area contributed by atoms with Crippen LogP contribution in [0.3, 0.4) is 0 Å². The smallest absolute Gasteiger partial charge is 0.250 e. The van der Waals surface area contributed by atoms with E-state index < -0.39 is 15.9 Å². The third kappa shape index (κ3) is 4.76. The highest BCUT2D eigenvalue weighted by Crippen LogP contribution is 2.17. The number of nitrogens with one attached hydrogen (secondary N) is 2. The fourth-order valence-corrected chi connectivity index (χ4v) is 2.46. The van der Waals surface area contributed by atoms with Crippen molar-refractivity contribution in [2.45, 2.75) is 6.92 Å². The summed E-state index contributed by atoms with van der Waals surface area (Å²) in [6.07, 6.45) is 0. The van der Waals surface area contributed by atoms with Crippen LogP contribution in [0.25, 0.3) is 0 Å². The zero-order valence-corrected chi connectivity index (χ0v) is 11.5. The molecule has 0 radical (unpaired) electrons. The number of anilines is 2. The summed E-state index contributed by atoms with van der Waals surface area (Å²) in [4.78, 5) is 11.1. The fraction of sp³-hybridized carbons (Fsp3) is 0.364. The number of amides is 1. The molecule has 106 valence electrons. The van der Waals surface area contributed by atoms with E-state index in [9.17, 15) is 13.2 Å². The number of sulfonamides is 1. The maximum Gasteiger partial charge on any atom is 0.250 e. The first-order valence-corrected chi connectivity index (χ1v) is 7.41. The lowest BCUT2D eigenvalue weighted by molar-refractivity contribution is 0.100. The molecule has 6 N–H and O–H groups in total. The third-order valence-electron chi connectivity index (χ3n) is 2.38. The first-order valence-electron chi connectivity index (χ1n) is 5.76. The van der Waals surface area contributed by atoms with Crippen molar-refractivity contribution < 1.29 is 13.2 Å². The molecule has 8 heteroatoms. The van der Waals surface area contributed by atoms with Crippen LogP contribution in [-0.2, 0) is 10.0 Å². The molecule has 1 aromatic rings. The maximum atomic E-state index is 11.4. The van der Waals surface area contributed by atoms with Crippen LogP contribution in [-0.4, -0.2) is 33.2 Å². The minimum atomic E-state index is -3.27. The Kier molecular flexibility index (Phi) is 5.13. The minimum absolute atomic E-state index is 0.0584. The number of primary amides is 1. The molecular weight excluding hydrogens is 268 g/mol. The molecule has 0 fully saturated rings. The van der Waals surface area contributed by atoms with E-state index in [0.717, 1.165) is 0 Å². The van der Waals surface area contributed by atoms with Gasteiger partial charge in [-0.3, -0.25) is 4.79 Å². The number of rotatable bonds is 7. The Hall–Kier alpha value is -1.80. The molecule has 1 aromatic carbocycles. The molecule has 1 rings (SSSR count). The van der Waals surface area contributed by atoms with E-state index in [0.29, 0.717) is 17.9 Å². The Morgan fingerprint density at radius 3 is 2.63 bits per heavy atom. The van der Waals surface area contributed by atoms with Crippen molar-refractivity contribution in [1.82, 2.24) is 4.72 Å². The Morgan fingerprint density at radius 1 is 1.37 bits per heavy atom. The molecule has 0 aliphatic rings. The molecule has 0 saturated carbocycles. The van der Waals surface area contributed by atoms with Crippen molar-refractivity contribution in [1.29, 1.82) is 0 Å². The Balaban J connectivity index is 2.64. The summed E-state index contributed by atoms with van der Waals surface area (Å²) >= 11 is 0. The van der Waals surface area contributed by atoms with E-state index in [1.165, 1.54) is 6.07 Å². The number of carbonyl (C=O) groups excluding carboxylic acids is 1. The summed E-state index contributed by atoms with van der Waals surface area (Å²) in [6, 6.07) is 4.69. The molecule has 7 nitrogen and oxygen atoms in total. The average molecular weight is 286 g/mol. The van der Waals surface area contributed by atoms with Crippen molar-refractivity contribution in [3.05, 3.63) is 23.8 Å². The second-order valence-electron chi connectivity index (χ2n) is 3.91. The number of nitrogen functional groups attached to an aromatic ring is 1. The Bertz CT molecular complexity index is 557. The van der Waals surface area contributed by atoms with Crippen LogP contribution >= 0.6 is 0 Å². The molecule has 0 atom stereocenters. The number of benzene rings is 1. The van der Waals surface area contributed by atoms with E-state index in [4.69, 9.17) is 11.5 Å². The van der Waals surface area contributed by atoms with Gasteiger partial charge in [-0.05, 0) is 18.2 Å². The summed E-state index contributed by atoms with van der Waals surface area (Å²) in [6.45, 7) is 2.29. The minimum Gasteiger partial charge on any atom is -0.398 e. The fourth-order valence-electron chi connectivity index (χ4n) is 1.50. The SMILES string of the molecule is CCNS(=O)(=O)CCNc1ccc(N)c(C(N)=O)c1. The monoisotopic (exact) mass is 286 g/mol. The highest BCUT2D eigenvalue weighted by molar-refractivity contribution is 7.89. The summed E-state index contributed by atoms with van der Waals surface area (Å²) in [5.74, 6) is -0.682. The molecule has 0 unspecified atom stereocenters. The van der Waals surface area contributed by atoms with Gasteiger partial charge >= 0.3 is 0 Å². The molecule has 0 spiro atoms. The molecule has 0 aromatic heterocycles. The van der Waals surface area contributed by atoms with Gasteiger partial charge in [0.25, 0.3) is 5.91 Å². The number of carbonyl (C=O) groups is 1. The van der Waals surface area contributed by atoms with E-state index in [1.807, 2.05) is 0 Å². The number of hydrogen-bond donors (Lipinski definition) is 4. The Morgan fingerprint density at radius 2 is 2.05 bits per heavy atom. The maximum absolute atomic E-state index is 11.4. The lowest BCUT2D eigenvalue weighted by Crippen LogP contribution is -2.29. The van der Waals surface area contributed by atoms with Gasteiger partial charge in [0.05, 0.1) is 11.3 Å². The van der Waals surface area contributed by atoms with E-state index in [2.05, 4.69) is 10.0 Å². The quantitative estimate of drug-likeness (QED) is 0.513. The van der Waals surface area contributed by atoms with Crippen LogP contribution in [0.15, 0.2) is 18.2 Å².